The monoisotopic (exact) mass is 345 g/mol. The highest BCUT2D eigenvalue weighted by molar-refractivity contribution is 9.10. The van der Waals surface area contributed by atoms with Gasteiger partial charge in [0.25, 0.3) is 0 Å². The topological polar surface area (TPSA) is 115 Å². The Bertz CT molecular complexity index is 545. The molecule has 2 N–H and O–H groups in total. The van der Waals surface area contributed by atoms with Gasteiger partial charge < -0.3 is 15.2 Å². The minimum atomic E-state index is -1.27. The third kappa shape index (κ3) is 2.73. The number of nitrogens with one attached hydrogen (secondary N) is 1. The van der Waals surface area contributed by atoms with E-state index < -0.39 is 16.4 Å². The average Bonchev–Trinajstić information content (AvgIpc) is 2.41. The van der Waals surface area contributed by atoms with Gasteiger partial charge in [-0.05, 0) is 15.9 Å². The molecule has 2 rings (SSSR count). The second-order valence-electron chi connectivity index (χ2n) is 4.40. The molecule has 0 spiro atoms. The van der Waals surface area contributed by atoms with E-state index in [1.54, 1.807) is 0 Å². The lowest BCUT2D eigenvalue weighted by Gasteiger charge is -2.34. The summed E-state index contributed by atoms with van der Waals surface area (Å²) in [4.78, 5) is 25.7. The highest BCUT2D eigenvalue weighted by atomic mass is 79.9. The fourth-order valence-corrected chi connectivity index (χ4v) is 2.46. The molecule has 0 bridgehead atoms. The zero-order chi connectivity index (χ0) is 14.8. The first-order valence-electron chi connectivity index (χ1n) is 5.83. The number of aromatic nitrogens is 1. The molecule has 0 amide bonds. The first kappa shape index (κ1) is 14.7. The van der Waals surface area contributed by atoms with Gasteiger partial charge in [-0.2, -0.15) is 0 Å². The van der Waals surface area contributed by atoms with Crippen LogP contribution in [-0.4, -0.2) is 39.7 Å². The minimum absolute atomic E-state index is 0.120. The average molecular weight is 346 g/mol. The van der Waals surface area contributed by atoms with E-state index in [4.69, 9.17) is 4.74 Å². The van der Waals surface area contributed by atoms with Crippen molar-refractivity contribution in [1.82, 2.24) is 4.98 Å². The van der Waals surface area contributed by atoms with Gasteiger partial charge in [0, 0.05) is 32.3 Å². The lowest BCUT2D eigenvalue weighted by Crippen LogP contribution is -2.50. The van der Waals surface area contributed by atoms with Crippen molar-refractivity contribution in [3.63, 3.8) is 0 Å². The van der Waals surface area contributed by atoms with E-state index in [9.17, 15) is 20.0 Å². The molecule has 20 heavy (non-hydrogen) atoms. The standard InChI is InChI=1S/C11H12BrN3O5/c12-7-5-13-6-8(15(18)19)9(7)14-11(10(16)17)1-3-20-4-2-11/h5-6H,1-4H2,(H,13,14)(H,16,17). The fourth-order valence-electron chi connectivity index (χ4n) is 2.04. The molecule has 1 fully saturated rings. The number of carboxylic acid groups (broad SMARTS) is 1. The van der Waals surface area contributed by atoms with E-state index in [0.717, 1.165) is 6.20 Å². The Balaban J connectivity index is 2.41. The molecule has 0 aromatic carbocycles. The van der Waals surface area contributed by atoms with Gasteiger partial charge in [-0.3, -0.25) is 15.1 Å². The zero-order valence-electron chi connectivity index (χ0n) is 10.3. The van der Waals surface area contributed by atoms with E-state index >= 15 is 0 Å². The smallest absolute Gasteiger partial charge is 0.329 e. The van der Waals surface area contributed by atoms with Crippen molar-refractivity contribution in [3.8, 4) is 0 Å². The molecule has 1 aliphatic heterocycles. The van der Waals surface area contributed by atoms with Crippen LogP contribution in [0.1, 0.15) is 12.8 Å². The Kier molecular flexibility index (Phi) is 4.19. The SMILES string of the molecule is O=C(O)C1(Nc2c(Br)cncc2[N+](=O)[O-])CCOCC1. The molecule has 1 aromatic rings. The molecule has 0 unspecified atom stereocenters. The maximum absolute atomic E-state index is 11.6. The number of carboxylic acids is 1. The summed E-state index contributed by atoms with van der Waals surface area (Å²) in [7, 11) is 0. The first-order chi connectivity index (χ1) is 9.46. The van der Waals surface area contributed by atoms with E-state index in [-0.39, 0.29) is 37.4 Å². The van der Waals surface area contributed by atoms with E-state index in [0.29, 0.717) is 4.47 Å². The van der Waals surface area contributed by atoms with E-state index in [1.165, 1.54) is 6.20 Å². The van der Waals surface area contributed by atoms with Crippen LogP contribution in [0.15, 0.2) is 16.9 Å². The van der Waals surface area contributed by atoms with Crippen LogP contribution >= 0.6 is 15.9 Å². The van der Waals surface area contributed by atoms with Gasteiger partial charge in [0.05, 0.1) is 9.40 Å². The van der Waals surface area contributed by atoms with Crippen LogP contribution in [0.5, 0.6) is 0 Å². The van der Waals surface area contributed by atoms with Gasteiger partial charge in [0.2, 0.25) is 0 Å². The number of anilines is 1. The summed E-state index contributed by atoms with van der Waals surface area (Å²) in [5, 5.41) is 23.3. The Morgan fingerprint density at radius 2 is 2.15 bits per heavy atom. The van der Waals surface area contributed by atoms with Crippen LogP contribution in [0.3, 0.4) is 0 Å². The third-order valence-corrected chi connectivity index (χ3v) is 3.80. The van der Waals surface area contributed by atoms with E-state index in [1.807, 2.05) is 0 Å². The second-order valence-corrected chi connectivity index (χ2v) is 5.25. The molecule has 8 nitrogen and oxygen atoms in total. The van der Waals surface area contributed by atoms with Crippen LogP contribution in [-0.2, 0) is 9.53 Å². The number of pyridine rings is 1. The van der Waals surface area contributed by atoms with Gasteiger partial charge in [-0.25, -0.2) is 4.79 Å². The molecule has 0 aliphatic carbocycles. The normalized spacial score (nSPS) is 17.4. The largest absolute Gasteiger partial charge is 0.480 e. The van der Waals surface area contributed by atoms with Crippen molar-refractivity contribution in [2.24, 2.45) is 0 Å². The third-order valence-electron chi connectivity index (χ3n) is 3.20. The number of rotatable bonds is 4. The fraction of sp³-hybridized carbons (Fsp3) is 0.455. The van der Waals surface area contributed by atoms with Crippen molar-refractivity contribution < 1.29 is 19.6 Å². The summed E-state index contributed by atoms with van der Waals surface area (Å²) < 4.78 is 5.51. The number of ether oxygens (including phenoxy) is 1. The maximum atomic E-state index is 11.6. The Labute approximate surface area is 122 Å². The Morgan fingerprint density at radius 1 is 1.50 bits per heavy atom. The van der Waals surface area contributed by atoms with Crippen LogP contribution in [0.4, 0.5) is 11.4 Å². The summed E-state index contributed by atoms with van der Waals surface area (Å²) in [6.45, 7) is 0.575. The molecule has 0 atom stereocenters. The van der Waals surface area contributed by atoms with Crippen molar-refractivity contribution in [3.05, 3.63) is 27.0 Å². The van der Waals surface area contributed by atoms with Gasteiger partial charge >= 0.3 is 11.7 Å². The van der Waals surface area contributed by atoms with Crippen LogP contribution < -0.4 is 5.32 Å². The summed E-state index contributed by atoms with van der Waals surface area (Å²) in [5.41, 5.74) is -1.42. The second kappa shape index (κ2) is 5.71. The lowest BCUT2D eigenvalue weighted by molar-refractivity contribution is -0.384. The van der Waals surface area contributed by atoms with Crippen molar-refractivity contribution in [1.29, 1.82) is 0 Å². The summed E-state index contributed by atoms with van der Waals surface area (Å²) >= 11 is 3.16. The molecule has 1 aliphatic rings. The maximum Gasteiger partial charge on any atom is 0.329 e. The molecule has 0 radical (unpaired) electrons. The molecule has 1 saturated heterocycles. The number of carbonyl (C=O) groups is 1. The first-order valence-corrected chi connectivity index (χ1v) is 6.63. The van der Waals surface area contributed by atoms with Crippen LogP contribution in [0.25, 0.3) is 0 Å². The number of aliphatic carboxylic acids is 1. The summed E-state index contributed by atoms with van der Waals surface area (Å²) in [6.07, 6.45) is 2.93. The van der Waals surface area contributed by atoms with Crippen LogP contribution in [0, 0.1) is 10.1 Å². The predicted octanol–water partition coefficient (Wildman–Crippen LogP) is 1.80. The zero-order valence-corrected chi connectivity index (χ0v) is 11.9. The van der Waals surface area contributed by atoms with Gasteiger partial charge in [-0.15, -0.1) is 0 Å². The van der Waals surface area contributed by atoms with Gasteiger partial charge in [0.15, 0.2) is 0 Å². The number of hydrogen-bond donors (Lipinski definition) is 2. The number of hydrogen-bond acceptors (Lipinski definition) is 6. The summed E-state index contributed by atoms with van der Waals surface area (Å²) in [5.74, 6) is -1.06. The number of nitro groups is 1. The van der Waals surface area contributed by atoms with Crippen molar-refractivity contribution in [2.75, 3.05) is 18.5 Å². The number of nitrogens with zero attached hydrogens (tertiary/aromatic N) is 2. The van der Waals surface area contributed by atoms with Crippen molar-refractivity contribution in [2.45, 2.75) is 18.4 Å². The highest BCUT2D eigenvalue weighted by Gasteiger charge is 2.42. The predicted molar refractivity (Wildman–Crippen MR) is 72.6 cm³/mol. The Hall–Kier alpha value is -1.74. The summed E-state index contributed by atoms with van der Waals surface area (Å²) in [6, 6.07) is 0. The Morgan fingerprint density at radius 3 is 2.70 bits per heavy atom. The molecule has 2 heterocycles. The quantitative estimate of drug-likeness (QED) is 0.631. The molecule has 1 aromatic heterocycles. The number of halogens is 1. The molecule has 108 valence electrons. The van der Waals surface area contributed by atoms with Gasteiger partial charge in [-0.1, -0.05) is 0 Å². The lowest BCUT2D eigenvalue weighted by atomic mass is 9.89. The van der Waals surface area contributed by atoms with E-state index in [2.05, 4.69) is 26.2 Å². The van der Waals surface area contributed by atoms with Gasteiger partial charge in [0.1, 0.15) is 17.4 Å². The molecular weight excluding hydrogens is 334 g/mol. The molecular formula is C11H12BrN3O5. The molecule has 9 heteroatoms. The highest BCUT2D eigenvalue weighted by Crippen LogP contribution is 2.36. The van der Waals surface area contributed by atoms with Crippen molar-refractivity contribution >= 4 is 33.3 Å². The van der Waals surface area contributed by atoms with Crippen LogP contribution in [0.2, 0.25) is 0 Å². The minimum Gasteiger partial charge on any atom is -0.480 e. The molecule has 0 saturated carbocycles.